The molecule has 0 atom stereocenters. The van der Waals surface area contributed by atoms with Gasteiger partial charge in [-0.2, -0.15) is 9.40 Å². The lowest BCUT2D eigenvalue weighted by atomic mass is 9.83. The Morgan fingerprint density at radius 2 is 1.71 bits per heavy atom. The summed E-state index contributed by atoms with van der Waals surface area (Å²) in [4.78, 5) is 29.6. The van der Waals surface area contributed by atoms with Crippen LogP contribution >= 0.6 is 0 Å². The number of H-pyrrole nitrogens is 1. The van der Waals surface area contributed by atoms with Crippen molar-refractivity contribution in [2.45, 2.75) is 43.5 Å². The van der Waals surface area contributed by atoms with Crippen LogP contribution in [0.1, 0.15) is 46.7 Å². The van der Waals surface area contributed by atoms with Crippen molar-refractivity contribution in [3.63, 3.8) is 0 Å². The van der Waals surface area contributed by atoms with Crippen LogP contribution in [0.25, 0.3) is 0 Å². The Labute approximate surface area is 235 Å². The summed E-state index contributed by atoms with van der Waals surface area (Å²) >= 11 is 0. The second kappa shape index (κ2) is 10.9. The third-order valence-corrected chi connectivity index (χ3v) is 8.70. The molecule has 2 aromatic heterocycles. The minimum absolute atomic E-state index is 0.0189. The summed E-state index contributed by atoms with van der Waals surface area (Å²) in [5, 5.41) is 10.1. The highest BCUT2D eigenvalue weighted by Gasteiger charge is 2.41. The van der Waals surface area contributed by atoms with Gasteiger partial charge in [0.2, 0.25) is 15.9 Å². The van der Waals surface area contributed by atoms with E-state index in [-0.39, 0.29) is 43.2 Å². The van der Waals surface area contributed by atoms with E-state index in [4.69, 9.17) is 0 Å². The zero-order chi connectivity index (χ0) is 29.4. The molecule has 1 amide bonds. The minimum atomic E-state index is -4.27. The molecule has 0 spiro atoms. The zero-order valence-electron chi connectivity index (χ0n) is 22.3. The van der Waals surface area contributed by atoms with Crippen LogP contribution in [-0.2, 0) is 39.6 Å². The number of halogens is 2. The van der Waals surface area contributed by atoms with E-state index in [2.05, 4.69) is 20.5 Å². The summed E-state index contributed by atoms with van der Waals surface area (Å²) in [6.07, 6.45) is 3.15. The molecule has 0 bridgehead atoms. The van der Waals surface area contributed by atoms with Crippen molar-refractivity contribution in [1.29, 1.82) is 0 Å². The molecule has 41 heavy (non-hydrogen) atoms. The lowest BCUT2D eigenvalue weighted by molar-refractivity contribution is -0.115. The van der Waals surface area contributed by atoms with Gasteiger partial charge in [-0.05, 0) is 42.0 Å². The Kier molecular flexibility index (Phi) is 7.54. The molecule has 0 unspecified atom stereocenters. The zero-order valence-corrected chi connectivity index (χ0v) is 23.1. The molecule has 4 aromatic rings. The predicted molar refractivity (Wildman–Crippen MR) is 147 cm³/mol. The number of ketones is 1. The molecule has 0 fully saturated rings. The number of aromatic amines is 1. The Hall–Kier alpha value is -4.29. The number of aromatic nitrogens is 3. The highest BCUT2D eigenvalue weighted by Crippen LogP contribution is 2.37. The van der Waals surface area contributed by atoms with Crippen molar-refractivity contribution in [2.75, 3.05) is 11.9 Å². The number of hydrogen-bond donors (Lipinski definition) is 2. The van der Waals surface area contributed by atoms with Gasteiger partial charge in [0, 0.05) is 53.8 Å². The van der Waals surface area contributed by atoms with Crippen LogP contribution in [0, 0.1) is 11.6 Å². The summed E-state index contributed by atoms with van der Waals surface area (Å²) in [5.74, 6) is -2.61. The molecule has 0 saturated carbocycles. The Morgan fingerprint density at radius 1 is 1.02 bits per heavy atom. The number of hydrogen-bond acceptors (Lipinski definition) is 6. The van der Waals surface area contributed by atoms with Crippen molar-refractivity contribution >= 4 is 27.4 Å². The molecule has 1 aliphatic rings. The van der Waals surface area contributed by atoms with E-state index >= 15 is 0 Å². The van der Waals surface area contributed by atoms with Crippen LogP contribution in [0.15, 0.2) is 71.9 Å². The second-order valence-electron chi connectivity index (χ2n) is 10.5. The van der Waals surface area contributed by atoms with E-state index < -0.39 is 32.0 Å². The van der Waals surface area contributed by atoms with Gasteiger partial charge in [0.15, 0.2) is 5.78 Å². The van der Waals surface area contributed by atoms with Crippen LogP contribution in [-0.4, -0.2) is 46.1 Å². The molecular formula is C29H27F2N5O4S. The number of anilines is 1. The first kappa shape index (κ1) is 28.2. The lowest BCUT2D eigenvalue weighted by Gasteiger charge is -2.36. The van der Waals surface area contributed by atoms with Crippen molar-refractivity contribution < 1.29 is 26.8 Å². The second-order valence-corrected chi connectivity index (χ2v) is 12.5. The first-order chi connectivity index (χ1) is 19.4. The molecule has 212 valence electrons. The Bertz CT molecular complexity index is 1720. The Morgan fingerprint density at radius 3 is 2.41 bits per heavy atom. The number of amides is 1. The van der Waals surface area contributed by atoms with Crippen molar-refractivity contribution in [3.05, 3.63) is 107 Å². The standard InChI is InChI=1S/C29H27F2N5O4S/c1-29(2)17-36(41(39,40)21-13-19(30)12-20(31)14-21)16-23-25(34-35-28(23)29)15-26(37)22-5-3-4-6-24(22)33-27(38)11-18-7-9-32-10-8-18/h3-10,12-14H,11,15-17H2,1-2H3,(H,33,38)(H,34,35). The van der Waals surface area contributed by atoms with E-state index in [0.29, 0.717) is 28.7 Å². The van der Waals surface area contributed by atoms with Crippen molar-refractivity contribution in [1.82, 2.24) is 19.5 Å². The number of carbonyl (C=O) groups excluding carboxylic acids is 2. The van der Waals surface area contributed by atoms with Crippen LogP contribution in [0.3, 0.4) is 0 Å². The quantitative estimate of drug-likeness (QED) is 0.302. The van der Waals surface area contributed by atoms with Gasteiger partial charge in [0.1, 0.15) is 11.6 Å². The first-order valence-electron chi connectivity index (χ1n) is 12.8. The highest BCUT2D eigenvalue weighted by atomic mass is 32.2. The van der Waals surface area contributed by atoms with E-state index in [1.54, 1.807) is 62.6 Å². The van der Waals surface area contributed by atoms with Gasteiger partial charge in [0.25, 0.3) is 0 Å². The first-order valence-corrected chi connectivity index (χ1v) is 14.2. The fourth-order valence-electron chi connectivity index (χ4n) is 4.99. The summed E-state index contributed by atoms with van der Waals surface area (Å²) in [6.45, 7) is 3.49. The van der Waals surface area contributed by atoms with Gasteiger partial charge < -0.3 is 5.32 Å². The number of fused-ring (bicyclic) bond motifs is 1. The van der Waals surface area contributed by atoms with Crippen molar-refractivity contribution in [2.24, 2.45) is 0 Å². The fourth-order valence-corrected chi connectivity index (χ4v) is 6.61. The topological polar surface area (TPSA) is 125 Å². The number of sulfonamides is 1. The number of Topliss-reactive ketones (excluding diaryl/α,β-unsaturated/α-hetero) is 1. The molecule has 2 aromatic carbocycles. The summed E-state index contributed by atoms with van der Waals surface area (Å²) < 4.78 is 55.6. The molecule has 0 aliphatic carbocycles. The SMILES string of the molecule is CC1(C)CN(S(=O)(=O)c2cc(F)cc(F)c2)Cc2c1n[nH]c2CC(=O)c1ccccc1NC(=O)Cc1ccncc1. The maximum absolute atomic E-state index is 13.9. The lowest BCUT2D eigenvalue weighted by Crippen LogP contribution is -2.45. The highest BCUT2D eigenvalue weighted by molar-refractivity contribution is 7.89. The van der Waals surface area contributed by atoms with Crippen LogP contribution < -0.4 is 5.32 Å². The number of nitrogens with zero attached hydrogens (tertiary/aromatic N) is 3. The van der Waals surface area contributed by atoms with Gasteiger partial charge in [-0.1, -0.05) is 26.0 Å². The number of pyridine rings is 1. The number of para-hydroxylation sites is 1. The van der Waals surface area contributed by atoms with E-state index in [1.807, 2.05) is 0 Å². The van der Waals surface area contributed by atoms with Crippen LogP contribution in [0.4, 0.5) is 14.5 Å². The molecule has 5 rings (SSSR count). The molecular weight excluding hydrogens is 552 g/mol. The van der Waals surface area contributed by atoms with Gasteiger partial charge in [-0.3, -0.25) is 19.7 Å². The molecule has 0 saturated heterocycles. The summed E-state index contributed by atoms with van der Waals surface area (Å²) in [6, 6.07) is 12.3. The van der Waals surface area contributed by atoms with Gasteiger partial charge in [-0.25, -0.2) is 17.2 Å². The normalized spacial score (nSPS) is 14.8. The number of carbonyl (C=O) groups is 2. The van der Waals surface area contributed by atoms with E-state index in [0.717, 1.165) is 22.0 Å². The van der Waals surface area contributed by atoms with E-state index in [1.165, 1.54) is 0 Å². The number of benzene rings is 2. The minimum Gasteiger partial charge on any atom is -0.325 e. The van der Waals surface area contributed by atoms with E-state index in [9.17, 15) is 26.8 Å². The molecule has 12 heteroatoms. The smallest absolute Gasteiger partial charge is 0.243 e. The maximum Gasteiger partial charge on any atom is 0.243 e. The largest absolute Gasteiger partial charge is 0.325 e. The number of nitrogens with one attached hydrogen (secondary N) is 2. The van der Waals surface area contributed by atoms with Crippen LogP contribution in [0.2, 0.25) is 0 Å². The average molecular weight is 580 g/mol. The van der Waals surface area contributed by atoms with Crippen molar-refractivity contribution in [3.8, 4) is 0 Å². The third kappa shape index (κ3) is 5.93. The molecule has 2 N–H and O–H groups in total. The summed E-state index contributed by atoms with van der Waals surface area (Å²) in [7, 11) is -4.27. The van der Waals surface area contributed by atoms with Gasteiger partial charge >= 0.3 is 0 Å². The molecule has 9 nitrogen and oxygen atoms in total. The maximum atomic E-state index is 13.9. The summed E-state index contributed by atoms with van der Waals surface area (Å²) in [5.41, 5.74) is 2.19. The molecule has 0 radical (unpaired) electrons. The average Bonchev–Trinajstić information content (AvgIpc) is 3.32. The molecule has 3 heterocycles. The van der Waals surface area contributed by atoms with Gasteiger partial charge in [-0.15, -0.1) is 0 Å². The fraction of sp³-hybridized carbons (Fsp3) is 0.241. The molecule has 1 aliphatic heterocycles. The monoisotopic (exact) mass is 579 g/mol. The number of rotatable bonds is 8. The predicted octanol–water partition coefficient (Wildman–Crippen LogP) is 4.17. The van der Waals surface area contributed by atoms with Gasteiger partial charge in [0.05, 0.1) is 29.1 Å². The third-order valence-electron chi connectivity index (χ3n) is 6.93. The Balaban J connectivity index is 1.39. The van der Waals surface area contributed by atoms with Crippen LogP contribution in [0.5, 0.6) is 0 Å².